The maximum Gasteiger partial charge on any atom is 0.318 e. The first-order chi connectivity index (χ1) is 10.6. The van der Waals surface area contributed by atoms with Gasteiger partial charge in [-0.3, -0.25) is 4.90 Å². The molecule has 0 saturated carbocycles. The van der Waals surface area contributed by atoms with E-state index in [0.717, 1.165) is 39.3 Å². The predicted molar refractivity (Wildman–Crippen MR) is 78.2 cm³/mol. The summed E-state index contributed by atoms with van der Waals surface area (Å²) in [5, 5.41) is 10.4. The Bertz CT molecular complexity index is 514. The number of aryl methyl sites for hydroxylation is 1. The molecular weight excluding hydrogens is 286 g/mol. The molecule has 0 radical (unpaired) electrons. The third-order valence-electron chi connectivity index (χ3n) is 4.53. The van der Waals surface area contributed by atoms with Crippen LogP contribution in [0.4, 0.5) is 4.79 Å². The SMILES string of the molecule is Cc1nonc1CNC(=O)N1CC(N2CCOCC2)CC1C. The van der Waals surface area contributed by atoms with Crippen LogP contribution in [0.5, 0.6) is 0 Å². The highest BCUT2D eigenvalue weighted by molar-refractivity contribution is 5.74. The molecule has 2 fully saturated rings. The molecule has 2 unspecified atom stereocenters. The van der Waals surface area contributed by atoms with Crippen LogP contribution in [0.25, 0.3) is 0 Å². The van der Waals surface area contributed by atoms with Crippen molar-refractivity contribution in [3.63, 3.8) is 0 Å². The number of aromatic nitrogens is 2. The van der Waals surface area contributed by atoms with Gasteiger partial charge >= 0.3 is 6.03 Å². The summed E-state index contributed by atoms with van der Waals surface area (Å²) in [6.45, 7) is 8.51. The van der Waals surface area contributed by atoms with Gasteiger partial charge in [0.2, 0.25) is 0 Å². The number of ether oxygens (including phenoxy) is 1. The van der Waals surface area contributed by atoms with Crippen molar-refractivity contribution in [3.05, 3.63) is 11.4 Å². The van der Waals surface area contributed by atoms with Crippen molar-refractivity contribution in [3.8, 4) is 0 Å². The Kier molecular flexibility index (Phi) is 4.58. The molecular formula is C14H23N5O3. The van der Waals surface area contributed by atoms with Gasteiger partial charge < -0.3 is 15.0 Å². The van der Waals surface area contributed by atoms with Gasteiger partial charge in [0.05, 0.1) is 19.8 Å². The van der Waals surface area contributed by atoms with E-state index in [1.54, 1.807) is 0 Å². The number of hydrogen-bond acceptors (Lipinski definition) is 6. The standard InChI is InChI=1S/C14H23N5O3/c1-10-7-12(18-3-5-21-6-4-18)9-19(10)14(20)15-8-13-11(2)16-22-17-13/h10,12H,3-9H2,1-2H3,(H,15,20). The summed E-state index contributed by atoms with van der Waals surface area (Å²) in [7, 11) is 0. The van der Waals surface area contributed by atoms with E-state index >= 15 is 0 Å². The quantitative estimate of drug-likeness (QED) is 0.869. The maximum absolute atomic E-state index is 12.4. The number of amides is 2. The van der Waals surface area contributed by atoms with Crippen LogP contribution in [-0.2, 0) is 11.3 Å². The van der Waals surface area contributed by atoms with Gasteiger partial charge in [-0.25, -0.2) is 9.42 Å². The largest absolute Gasteiger partial charge is 0.379 e. The fraction of sp³-hybridized carbons (Fsp3) is 0.786. The van der Waals surface area contributed by atoms with Crippen LogP contribution >= 0.6 is 0 Å². The number of urea groups is 1. The monoisotopic (exact) mass is 309 g/mol. The molecule has 1 N–H and O–H groups in total. The maximum atomic E-state index is 12.4. The van der Waals surface area contributed by atoms with E-state index in [-0.39, 0.29) is 12.1 Å². The van der Waals surface area contributed by atoms with E-state index in [2.05, 4.69) is 32.1 Å². The smallest absolute Gasteiger partial charge is 0.318 e. The molecule has 2 amide bonds. The summed E-state index contributed by atoms with van der Waals surface area (Å²) in [6, 6.07) is 0.620. The van der Waals surface area contributed by atoms with Crippen molar-refractivity contribution < 1.29 is 14.2 Å². The highest BCUT2D eigenvalue weighted by Gasteiger charge is 2.36. The Morgan fingerprint density at radius 1 is 1.36 bits per heavy atom. The van der Waals surface area contributed by atoms with Crippen LogP contribution < -0.4 is 5.32 Å². The van der Waals surface area contributed by atoms with Crippen LogP contribution in [-0.4, -0.2) is 71.1 Å². The minimum Gasteiger partial charge on any atom is -0.379 e. The Morgan fingerprint density at radius 3 is 2.82 bits per heavy atom. The second-order valence-electron chi connectivity index (χ2n) is 5.99. The number of likely N-dealkylation sites (tertiary alicyclic amines) is 1. The number of rotatable bonds is 3. The van der Waals surface area contributed by atoms with Crippen molar-refractivity contribution in [1.82, 2.24) is 25.4 Å². The fourth-order valence-corrected chi connectivity index (χ4v) is 3.16. The molecule has 2 aliphatic heterocycles. The Hall–Kier alpha value is -1.67. The molecule has 0 aromatic carbocycles. The number of carbonyl (C=O) groups excluding carboxylic acids is 1. The van der Waals surface area contributed by atoms with Gasteiger partial charge in [-0.1, -0.05) is 10.3 Å². The second kappa shape index (κ2) is 6.62. The minimum absolute atomic E-state index is 0.0503. The van der Waals surface area contributed by atoms with Crippen LogP contribution in [0, 0.1) is 6.92 Å². The minimum atomic E-state index is -0.0503. The lowest BCUT2D eigenvalue weighted by molar-refractivity contribution is 0.0190. The number of morpholine rings is 1. The molecule has 3 heterocycles. The molecule has 0 spiro atoms. The summed E-state index contributed by atoms with van der Waals surface area (Å²) < 4.78 is 10.0. The number of hydrogen-bond donors (Lipinski definition) is 1. The number of nitrogens with one attached hydrogen (secondary N) is 1. The molecule has 1 aromatic rings. The van der Waals surface area contributed by atoms with E-state index < -0.39 is 0 Å². The summed E-state index contributed by atoms with van der Waals surface area (Å²) in [6.07, 6.45) is 1.01. The Balaban J connectivity index is 1.53. The third-order valence-corrected chi connectivity index (χ3v) is 4.53. The topological polar surface area (TPSA) is 83.7 Å². The normalized spacial score (nSPS) is 26.4. The van der Waals surface area contributed by atoms with Gasteiger partial charge in [-0.15, -0.1) is 0 Å². The van der Waals surface area contributed by atoms with Gasteiger partial charge in [0.15, 0.2) is 0 Å². The summed E-state index contributed by atoms with van der Waals surface area (Å²) in [5.74, 6) is 0. The van der Waals surface area contributed by atoms with E-state index in [4.69, 9.17) is 4.74 Å². The lowest BCUT2D eigenvalue weighted by Crippen LogP contribution is -2.46. The number of nitrogens with zero attached hydrogens (tertiary/aromatic N) is 4. The zero-order valence-electron chi connectivity index (χ0n) is 13.1. The van der Waals surface area contributed by atoms with Gasteiger partial charge in [-0.2, -0.15) is 0 Å². The van der Waals surface area contributed by atoms with Crippen LogP contribution in [0.2, 0.25) is 0 Å². The first-order valence-electron chi connectivity index (χ1n) is 7.79. The molecule has 8 heteroatoms. The molecule has 2 saturated heterocycles. The summed E-state index contributed by atoms with van der Waals surface area (Å²) in [5.41, 5.74) is 1.38. The Labute approximate surface area is 129 Å². The van der Waals surface area contributed by atoms with Crippen LogP contribution in [0.1, 0.15) is 24.7 Å². The third kappa shape index (κ3) is 3.22. The van der Waals surface area contributed by atoms with E-state index in [9.17, 15) is 4.79 Å². The molecule has 3 rings (SSSR count). The molecule has 2 aliphatic rings. The van der Waals surface area contributed by atoms with Crippen molar-refractivity contribution in [2.45, 2.75) is 38.9 Å². The van der Waals surface area contributed by atoms with Crippen molar-refractivity contribution in [1.29, 1.82) is 0 Å². The summed E-state index contributed by atoms with van der Waals surface area (Å²) >= 11 is 0. The molecule has 122 valence electrons. The summed E-state index contributed by atoms with van der Waals surface area (Å²) in [4.78, 5) is 16.7. The van der Waals surface area contributed by atoms with Crippen molar-refractivity contribution in [2.24, 2.45) is 0 Å². The molecule has 0 aliphatic carbocycles. The first-order valence-corrected chi connectivity index (χ1v) is 7.79. The van der Waals surface area contributed by atoms with Crippen LogP contribution in [0.15, 0.2) is 4.63 Å². The molecule has 0 bridgehead atoms. The average molecular weight is 309 g/mol. The molecule has 1 aromatic heterocycles. The second-order valence-corrected chi connectivity index (χ2v) is 5.99. The van der Waals surface area contributed by atoms with Crippen LogP contribution in [0.3, 0.4) is 0 Å². The zero-order valence-corrected chi connectivity index (χ0v) is 13.1. The van der Waals surface area contributed by atoms with Crippen molar-refractivity contribution in [2.75, 3.05) is 32.8 Å². The molecule has 2 atom stereocenters. The van der Waals surface area contributed by atoms with Gasteiger partial charge in [0, 0.05) is 31.7 Å². The molecule has 22 heavy (non-hydrogen) atoms. The lowest BCUT2D eigenvalue weighted by Gasteiger charge is -2.32. The van der Waals surface area contributed by atoms with E-state index in [0.29, 0.717) is 24.0 Å². The van der Waals surface area contributed by atoms with Gasteiger partial charge in [-0.05, 0) is 20.3 Å². The highest BCUT2D eigenvalue weighted by Crippen LogP contribution is 2.22. The van der Waals surface area contributed by atoms with E-state index in [1.165, 1.54) is 0 Å². The zero-order chi connectivity index (χ0) is 15.5. The lowest BCUT2D eigenvalue weighted by atomic mass is 10.1. The van der Waals surface area contributed by atoms with Gasteiger partial charge in [0.25, 0.3) is 0 Å². The Morgan fingerprint density at radius 2 is 2.14 bits per heavy atom. The first kappa shape index (κ1) is 15.2. The average Bonchev–Trinajstić information content (AvgIpc) is 3.12. The number of carbonyl (C=O) groups is 1. The fourth-order valence-electron chi connectivity index (χ4n) is 3.16. The predicted octanol–water partition coefficient (Wildman–Crippen LogP) is 0.383. The van der Waals surface area contributed by atoms with Crippen molar-refractivity contribution >= 4 is 6.03 Å². The van der Waals surface area contributed by atoms with Gasteiger partial charge in [0.1, 0.15) is 11.4 Å². The van der Waals surface area contributed by atoms with E-state index in [1.807, 2.05) is 11.8 Å². The molecule has 8 nitrogen and oxygen atoms in total. The highest BCUT2D eigenvalue weighted by atomic mass is 16.6.